The van der Waals surface area contributed by atoms with Crippen LogP contribution in [0.15, 0.2) is 12.4 Å². The molecule has 0 aliphatic heterocycles. The number of nitrogens with zero attached hydrogens (tertiary/aromatic N) is 4. The Balaban J connectivity index is 2.52. The van der Waals surface area contributed by atoms with Crippen molar-refractivity contribution in [2.75, 3.05) is 0 Å². The van der Waals surface area contributed by atoms with E-state index in [1.54, 1.807) is 17.9 Å². The molecule has 0 radical (unpaired) electrons. The van der Waals surface area contributed by atoms with E-state index in [-0.39, 0.29) is 5.92 Å². The van der Waals surface area contributed by atoms with E-state index in [4.69, 9.17) is 11.6 Å². The smallest absolute Gasteiger partial charge is 0.142 e. The Morgan fingerprint density at radius 1 is 1.42 bits per heavy atom. The van der Waals surface area contributed by atoms with E-state index < -0.39 is 6.10 Å². The molecule has 0 bridgehead atoms. The molecule has 104 valence electrons. The minimum absolute atomic E-state index is 0.188. The number of imidazole rings is 1. The summed E-state index contributed by atoms with van der Waals surface area (Å²) in [6.45, 7) is 6.82. The third-order valence-corrected chi connectivity index (χ3v) is 3.64. The van der Waals surface area contributed by atoms with Gasteiger partial charge in [0.05, 0.1) is 5.69 Å². The van der Waals surface area contributed by atoms with Gasteiger partial charge in [-0.15, -0.1) is 0 Å². The number of hydrogen-bond donors (Lipinski definition) is 1. The second kappa shape index (κ2) is 5.35. The highest BCUT2D eigenvalue weighted by Crippen LogP contribution is 2.33. The van der Waals surface area contributed by atoms with Gasteiger partial charge in [0.25, 0.3) is 0 Å². The van der Waals surface area contributed by atoms with Gasteiger partial charge in [0.15, 0.2) is 0 Å². The van der Waals surface area contributed by atoms with Gasteiger partial charge in [-0.3, -0.25) is 4.68 Å². The zero-order valence-electron chi connectivity index (χ0n) is 11.6. The fourth-order valence-electron chi connectivity index (χ4n) is 2.18. The van der Waals surface area contributed by atoms with E-state index in [9.17, 15) is 5.11 Å². The van der Waals surface area contributed by atoms with Crippen LogP contribution in [0.2, 0.25) is 5.15 Å². The van der Waals surface area contributed by atoms with E-state index in [0.29, 0.717) is 16.5 Å². The first kappa shape index (κ1) is 14.1. The van der Waals surface area contributed by atoms with Crippen molar-refractivity contribution in [2.24, 2.45) is 7.05 Å². The lowest BCUT2D eigenvalue weighted by atomic mass is 10.0. The molecule has 1 N–H and O–H groups in total. The summed E-state index contributed by atoms with van der Waals surface area (Å²) in [5, 5.41) is 15.4. The molecule has 19 heavy (non-hydrogen) atoms. The number of aryl methyl sites for hydroxylation is 2. The molecular weight excluding hydrogens is 264 g/mol. The lowest BCUT2D eigenvalue weighted by Crippen LogP contribution is -2.11. The zero-order valence-corrected chi connectivity index (χ0v) is 12.4. The molecule has 0 amide bonds. The second-order valence-corrected chi connectivity index (χ2v) is 5.20. The maximum Gasteiger partial charge on any atom is 0.142 e. The molecular formula is C13H19ClN4O. The van der Waals surface area contributed by atoms with E-state index in [1.807, 2.05) is 31.5 Å². The molecule has 2 rings (SSSR count). The number of rotatable bonds is 4. The van der Waals surface area contributed by atoms with Gasteiger partial charge in [0.2, 0.25) is 0 Å². The van der Waals surface area contributed by atoms with Crippen LogP contribution in [0.1, 0.15) is 49.9 Å². The second-order valence-electron chi connectivity index (χ2n) is 4.84. The Labute approximate surface area is 117 Å². The van der Waals surface area contributed by atoms with Crippen LogP contribution in [0.5, 0.6) is 0 Å². The fraction of sp³-hybridized carbons (Fsp3) is 0.538. The highest BCUT2D eigenvalue weighted by Gasteiger charge is 2.27. The Kier molecular flexibility index (Phi) is 3.96. The van der Waals surface area contributed by atoms with E-state index in [2.05, 4.69) is 10.1 Å². The number of aromatic nitrogens is 4. The Bertz CT molecular complexity index is 573. The summed E-state index contributed by atoms with van der Waals surface area (Å²) < 4.78 is 3.49. The van der Waals surface area contributed by atoms with Gasteiger partial charge >= 0.3 is 0 Å². The van der Waals surface area contributed by atoms with E-state index in [0.717, 1.165) is 12.2 Å². The highest BCUT2D eigenvalue weighted by atomic mass is 35.5. The third kappa shape index (κ3) is 2.40. The predicted octanol–water partition coefficient (Wildman–Crippen LogP) is 2.50. The average Bonchev–Trinajstić information content (AvgIpc) is 2.94. The van der Waals surface area contributed by atoms with Crippen molar-refractivity contribution >= 4 is 11.6 Å². The maximum atomic E-state index is 10.6. The largest absolute Gasteiger partial charge is 0.380 e. The van der Waals surface area contributed by atoms with Crippen molar-refractivity contribution < 1.29 is 5.11 Å². The van der Waals surface area contributed by atoms with Crippen LogP contribution in [-0.4, -0.2) is 24.4 Å². The molecule has 2 aromatic heterocycles. The van der Waals surface area contributed by atoms with Crippen LogP contribution in [0, 0.1) is 0 Å². The number of aliphatic hydroxyl groups excluding tert-OH is 1. The summed E-state index contributed by atoms with van der Waals surface area (Å²) >= 11 is 6.27. The predicted molar refractivity (Wildman–Crippen MR) is 74.3 cm³/mol. The Morgan fingerprint density at radius 3 is 2.68 bits per heavy atom. The summed E-state index contributed by atoms with van der Waals surface area (Å²) in [7, 11) is 1.77. The van der Waals surface area contributed by atoms with Gasteiger partial charge in [-0.1, -0.05) is 25.4 Å². The first-order chi connectivity index (χ1) is 8.97. The molecule has 6 heteroatoms. The van der Waals surface area contributed by atoms with Gasteiger partial charge in [-0.05, 0) is 12.8 Å². The molecule has 0 aromatic carbocycles. The number of aliphatic hydroxyl groups is 1. The van der Waals surface area contributed by atoms with E-state index >= 15 is 0 Å². The van der Waals surface area contributed by atoms with Crippen molar-refractivity contribution in [3.63, 3.8) is 0 Å². The molecule has 0 fully saturated rings. The molecule has 0 spiro atoms. The summed E-state index contributed by atoms with van der Waals surface area (Å²) in [5.74, 6) is 0.785. The third-order valence-electron chi connectivity index (χ3n) is 3.19. The van der Waals surface area contributed by atoms with Crippen LogP contribution in [0.3, 0.4) is 0 Å². The summed E-state index contributed by atoms with van der Waals surface area (Å²) in [6.07, 6.45) is 2.67. The lowest BCUT2D eigenvalue weighted by molar-refractivity contribution is 0.203. The molecule has 1 unspecified atom stereocenters. The monoisotopic (exact) mass is 282 g/mol. The molecule has 2 aromatic rings. The van der Waals surface area contributed by atoms with Crippen LogP contribution in [0.4, 0.5) is 0 Å². The number of hydrogen-bond acceptors (Lipinski definition) is 3. The van der Waals surface area contributed by atoms with Gasteiger partial charge < -0.3 is 9.67 Å². The minimum Gasteiger partial charge on any atom is -0.380 e. The minimum atomic E-state index is -0.853. The molecule has 2 heterocycles. The normalized spacial score (nSPS) is 13.2. The highest BCUT2D eigenvalue weighted by molar-refractivity contribution is 6.30. The summed E-state index contributed by atoms with van der Waals surface area (Å²) in [6, 6.07) is 0. The standard InChI is InChI=1S/C13H19ClN4O/c1-5-18-7-6-15-13(18)11(19)9-10(8(2)3)16-17(4)12(9)14/h6-8,11,19H,5H2,1-4H3. The molecule has 0 saturated heterocycles. The van der Waals surface area contributed by atoms with Crippen LogP contribution in [-0.2, 0) is 13.6 Å². The van der Waals surface area contributed by atoms with E-state index in [1.165, 1.54) is 0 Å². The van der Waals surface area contributed by atoms with Crippen LogP contribution >= 0.6 is 11.6 Å². The van der Waals surface area contributed by atoms with Crippen LogP contribution < -0.4 is 0 Å². The van der Waals surface area contributed by atoms with Crippen molar-refractivity contribution in [3.8, 4) is 0 Å². The SMILES string of the molecule is CCn1ccnc1C(O)c1c(C(C)C)nn(C)c1Cl. The van der Waals surface area contributed by atoms with Gasteiger partial charge in [-0.2, -0.15) is 5.10 Å². The first-order valence-electron chi connectivity index (χ1n) is 6.38. The van der Waals surface area contributed by atoms with Gasteiger partial charge in [0.1, 0.15) is 17.1 Å². The number of halogens is 1. The molecule has 5 nitrogen and oxygen atoms in total. The van der Waals surface area contributed by atoms with Gasteiger partial charge in [-0.25, -0.2) is 4.98 Å². The van der Waals surface area contributed by atoms with Crippen molar-refractivity contribution in [2.45, 2.75) is 39.3 Å². The Morgan fingerprint density at radius 2 is 2.11 bits per heavy atom. The molecule has 0 saturated carbocycles. The van der Waals surface area contributed by atoms with Crippen LogP contribution in [0.25, 0.3) is 0 Å². The molecule has 0 aliphatic rings. The van der Waals surface area contributed by atoms with Crippen molar-refractivity contribution in [1.82, 2.24) is 19.3 Å². The summed E-state index contributed by atoms with van der Waals surface area (Å²) in [5.41, 5.74) is 1.46. The fourth-order valence-corrected chi connectivity index (χ4v) is 2.42. The summed E-state index contributed by atoms with van der Waals surface area (Å²) in [4.78, 5) is 4.23. The lowest BCUT2D eigenvalue weighted by Gasteiger charge is -2.14. The Hall–Kier alpha value is -1.33. The quantitative estimate of drug-likeness (QED) is 0.937. The molecule has 1 atom stereocenters. The van der Waals surface area contributed by atoms with Crippen molar-refractivity contribution in [3.05, 3.63) is 34.6 Å². The maximum absolute atomic E-state index is 10.6. The first-order valence-corrected chi connectivity index (χ1v) is 6.76. The van der Waals surface area contributed by atoms with Crippen molar-refractivity contribution in [1.29, 1.82) is 0 Å². The zero-order chi connectivity index (χ0) is 14.2. The molecule has 0 aliphatic carbocycles. The topological polar surface area (TPSA) is 55.9 Å². The average molecular weight is 283 g/mol. The van der Waals surface area contributed by atoms with Gasteiger partial charge in [0, 0.05) is 31.5 Å².